The third-order valence-electron chi connectivity index (χ3n) is 4.41. The largest absolute Gasteiger partial charge is 0.396 e. The first-order valence-electron chi connectivity index (χ1n) is 7.38. The average Bonchev–Trinajstić information content (AvgIpc) is 3.16. The van der Waals surface area contributed by atoms with E-state index in [1.165, 1.54) is 12.8 Å². The molecule has 4 heteroatoms. The smallest absolute Gasteiger partial charge is 0.268 e. The summed E-state index contributed by atoms with van der Waals surface area (Å²) in [6.07, 6.45) is 8.67. The fraction of sp³-hybridized carbons (Fsp3) is 0.667. The van der Waals surface area contributed by atoms with Crippen molar-refractivity contribution in [2.24, 2.45) is 5.92 Å². The Balaban J connectivity index is 1.68. The highest BCUT2D eigenvalue weighted by Gasteiger charge is 2.29. The van der Waals surface area contributed by atoms with Gasteiger partial charge in [-0.2, -0.15) is 0 Å². The Morgan fingerprint density at radius 2 is 2.11 bits per heavy atom. The molecule has 2 unspecified atom stereocenters. The number of hydrogen-bond acceptors (Lipinski definition) is 2. The Morgan fingerprint density at radius 3 is 2.84 bits per heavy atom. The highest BCUT2D eigenvalue weighted by atomic mass is 16.3. The zero-order valence-corrected chi connectivity index (χ0v) is 11.2. The average molecular weight is 262 g/mol. The summed E-state index contributed by atoms with van der Waals surface area (Å²) in [6, 6.07) is 4.49. The van der Waals surface area contributed by atoms with Crippen molar-refractivity contribution in [3.05, 3.63) is 24.0 Å². The van der Waals surface area contributed by atoms with E-state index in [4.69, 9.17) is 0 Å². The molecule has 2 aliphatic carbocycles. The van der Waals surface area contributed by atoms with E-state index in [-0.39, 0.29) is 24.5 Å². The number of hydrogen-bond donors (Lipinski definition) is 2. The van der Waals surface area contributed by atoms with Gasteiger partial charge in [0, 0.05) is 30.8 Å². The quantitative estimate of drug-likeness (QED) is 0.873. The molecule has 2 N–H and O–H groups in total. The van der Waals surface area contributed by atoms with Crippen LogP contribution in [0.4, 0.5) is 0 Å². The Morgan fingerprint density at radius 1 is 1.32 bits per heavy atom. The van der Waals surface area contributed by atoms with Gasteiger partial charge in [0.05, 0.1) is 0 Å². The molecule has 2 aliphatic rings. The van der Waals surface area contributed by atoms with Crippen molar-refractivity contribution in [1.82, 2.24) is 9.88 Å². The molecule has 4 nitrogen and oxygen atoms in total. The molecule has 19 heavy (non-hydrogen) atoms. The van der Waals surface area contributed by atoms with Gasteiger partial charge >= 0.3 is 0 Å². The van der Waals surface area contributed by atoms with Crippen molar-refractivity contribution < 1.29 is 9.90 Å². The highest BCUT2D eigenvalue weighted by Crippen LogP contribution is 2.36. The van der Waals surface area contributed by atoms with E-state index in [1.807, 2.05) is 18.3 Å². The van der Waals surface area contributed by atoms with Gasteiger partial charge in [-0.15, -0.1) is 0 Å². The summed E-state index contributed by atoms with van der Waals surface area (Å²) in [6.45, 7) is 0.175. The summed E-state index contributed by atoms with van der Waals surface area (Å²) in [5, 5.41) is 12.5. The van der Waals surface area contributed by atoms with E-state index in [0.717, 1.165) is 31.4 Å². The van der Waals surface area contributed by atoms with Gasteiger partial charge in [0.25, 0.3) is 5.91 Å². The lowest BCUT2D eigenvalue weighted by Crippen LogP contribution is -2.43. The maximum atomic E-state index is 12.4. The molecule has 0 aromatic carbocycles. The lowest BCUT2D eigenvalue weighted by molar-refractivity contribution is 0.0863. The minimum Gasteiger partial charge on any atom is -0.396 e. The number of nitrogens with one attached hydrogen (secondary N) is 1. The fourth-order valence-electron chi connectivity index (χ4n) is 3.12. The summed E-state index contributed by atoms with van der Waals surface area (Å²) in [5.41, 5.74) is 0.768. The zero-order valence-electron chi connectivity index (χ0n) is 11.2. The zero-order chi connectivity index (χ0) is 13.2. The SMILES string of the molecule is O=C(NC1CCCCC1CO)c1cccn1C1CC1. The van der Waals surface area contributed by atoms with E-state index >= 15 is 0 Å². The molecule has 2 saturated carbocycles. The molecule has 2 fully saturated rings. The van der Waals surface area contributed by atoms with Crippen LogP contribution >= 0.6 is 0 Å². The van der Waals surface area contributed by atoms with Gasteiger partial charge in [0.2, 0.25) is 0 Å². The van der Waals surface area contributed by atoms with Crippen LogP contribution < -0.4 is 5.32 Å². The van der Waals surface area contributed by atoms with Gasteiger partial charge in [-0.3, -0.25) is 4.79 Å². The van der Waals surface area contributed by atoms with E-state index in [2.05, 4.69) is 9.88 Å². The molecule has 0 spiro atoms. The maximum absolute atomic E-state index is 12.4. The first-order chi connectivity index (χ1) is 9.29. The number of amides is 1. The summed E-state index contributed by atoms with van der Waals surface area (Å²) in [7, 11) is 0. The van der Waals surface area contributed by atoms with E-state index in [9.17, 15) is 9.90 Å². The first-order valence-corrected chi connectivity index (χ1v) is 7.38. The topological polar surface area (TPSA) is 54.3 Å². The molecule has 1 aromatic heterocycles. The van der Waals surface area contributed by atoms with Crippen LogP contribution in [0.25, 0.3) is 0 Å². The maximum Gasteiger partial charge on any atom is 0.268 e. The summed E-state index contributed by atoms with van der Waals surface area (Å²) in [5.74, 6) is 0.240. The molecule has 0 bridgehead atoms. The number of nitrogens with zero attached hydrogens (tertiary/aromatic N) is 1. The number of carbonyl (C=O) groups excluding carboxylic acids is 1. The van der Waals surface area contributed by atoms with Gasteiger partial charge in [0.15, 0.2) is 0 Å². The molecular weight excluding hydrogens is 240 g/mol. The van der Waals surface area contributed by atoms with E-state index in [1.54, 1.807) is 0 Å². The lowest BCUT2D eigenvalue weighted by Gasteiger charge is -2.30. The third kappa shape index (κ3) is 2.68. The number of aliphatic hydroxyl groups is 1. The van der Waals surface area contributed by atoms with Crippen molar-refractivity contribution in [2.45, 2.75) is 50.6 Å². The predicted octanol–water partition coefficient (Wildman–Crippen LogP) is 2.10. The van der Waals surface area contributed by atoms with Gasteiger partial charge in [0.1, 0.15) is 5.69 Å². The fourth-order valence-corrected chi connectivity index (χ4v) is 3.12. The molecule has 0 saturated heterocycles. The predicted molar refractivity (Wildman–Crippen MR) is 73.0 cm³/mol. The Labute approximate surface area is 113 Å². The van der Waals surface area contributed by atoms with E-state index < -0.39 is 0 Å². The molecule has 0 aliphatic heterocycles. The standard InChI is InChI=1S/C15H22N2O2/c18-10-11-4-1-2-5-13(11)16-15(19)14-6-3-9-17(14)12-7-8-12/h3,6,9,11-13,18H,1-2,4-5,7-8,10H2,(H,16,19). The molecule has 3 rings (SSSR count). The van der Waals surface area contributed by atoms with Crippen LogP contribution in [0.3, 0.4) is 0 Å². The molecule has 2 atom stereocenters. The second-order valence-corrected chi connectivity index (χ2v) is 5.84. The van der Waals surface area contributed by atoms with Crippen LogP contribution in [0, 0.1) is 5.92 Å². The van der Waals surface area contributed by atoms with Crippen LogP contribution in [0.5, 0.6) is 0 Å². The van der Waals surface area contributed by atoms with Crippen LogP contribution in [0.1, 0.15) is 55.1 Å². The number of aromatic nitrogens is 1. The van der Waals surface area contributed by atoms with Gasteiger partial charge in [-0.25, -0.2) is 0 Å². The number of aliphatic hydroxyl groups excluding tert-OH is 1. The summed E-state index contributed by atoms with van der Waals surface area (Å²) in [4.78, 5) is 12.4. The minimum absolute atomic E-state index is 0.0160. The number of rotatable bonds is 4. The Hall–Kier alpha value is -1.29. The van der Waals surface area contributed by atoms with Crippen LogP contribution in [-0.2, 0) is 0 Å². The monoisotopic (exact) mass is 262 g/mol. The minimum atomic E-state index is 0.0160. The number of carbonyl (C=O) groups is 1. The molecule has 104 valence electrons. The van der Waals surface area contributed by atoms with Gasteiger partial charge in [-0.1, -0.05) is 12.8 Å². The molecule has 1 aromatic rings. The van der Waals surface area contributed by atoms with Crippen molar-refractivity contribution in [2.75, 3.05) is 6.61 Å². The second kappa shape index (κ2) is 5.37. The van der Waals surface area contributed by atoms with Crippen molar-refractivity contribution in [1.29, 1.82) is 0 Å². The Bertz CT molecular complexity index is 451. The Kier molecular flexibility index (Phi) is 3.60. The van der Waals surface area contributed by atoms with Gasteiger partial charge < -0.3 is 15.0 Å². The van der Waals surface area contributed by atoms with Gasteiger partial charge in [-0.05, 0) is 37.8 Å². The third-order valence-corrected chi connectivity index (χ3v) is 4.41. The van der Waals surface area contributed by atoms with E-state index in [0.29, 0.717) is 6.04 Å². The van der Waals surface area contributed by atoms with Crippen LogP contribution in [-0.4, -0.2) is 28.2 Å². The van der Waals surface area contributed by atoms with Crippen LogP contribution in [0.2, 0.25) is 0 Å². The van der Waals surface area contributed by atoms with Crippen molar-refractivity contribution >= 4 is 5.91 Å². The lowest BCUT2D eigenvalue weighted by atomic mass is 9.85. The molecular formula is C15H22N2O2. The summed E-state index contributed by atoms with van der Waals surface area (Å²) < 4.78 is 2.09. The second-order valence-electron chi connectivity index (χ2n) is 5.84. The van der Waals surface area contributed by atoms with Crippen molar-refractivity contribution in [3.8, 4) is 0 Å². The normalized spacial score (nSPS) is 27.2. The molecule has 1 amide bonds. The molecule has 0 radical (unpaired) electrons. The highest BCUT2D eigenvalue weighted by molar-refractivity contribution is 5.93. The molecule has 1 heterocycles. The van der Waals surface area contributed by atoms with Crippen molar-refractivity contribution in [3.63, 3.8) is 0 Å². The first kappa shape index (κ1) is 12.7. The summed E-state index contributed by atoms with van der Waals surface area (Å²) >= 11 is 0. The van der Waals surface area contributed by atoms with Crippen LogP contribution in [0.15, 0.2) is 18.3 Å².